The highest BCUT2D eigenvalue weighted by atomic mass is 32.2. The molecule has 11 heteroatoms. The van der Waals surface area contributed by atoms with Gasteiger partial charge in [-0.3, -0.25) is 10.1 Å². The number of sulfonamides is 1. The van der Waals surface area contributed by atoms with Crippen LogP contribution >= 0.6 is 11.8 Å². The summed E-state index contributed by atoms with van der Waals surface area (Å²) in [6, 6.07) is 10.1. The van der Waals surface area contributed by atoms with Crippen molar-refractivity contribution >= 4 is 38.5 Å². The van der Waals surface area contributed by atoms with Crippen molar-refractivity contribution in [2.24, 2.45) is 0 Å². The minimum Gasteiger partial charge on any atom is -0.379 e. The third-order valence-electron chi connectivity index (χ3n) is 5.58. The van der Waals surface area contributed by atoms with Crippen molar-refractivity contribution in [2.45, 2.75) is 36.2 Å². The van der Waals surface area contributed by atoms with Gasteiger partial charge in [0.2, 0.25) is 10.0 Å². The fourth-order valence-corrected chi connectivity index (χ4v) is 6.34. The predicted octanol–water partition coefficient (Wildman–Crippen LogP) is 3.59. The second-order valence-corrected chi connectivity index (χ2v) is 10.3. The number of hydrogen-bond donors (Lipinski definition) is 0. The van der Waals surface area contributed by atoms with E-state index in [1.165, 1.54) is 22.1 Å². The zero-order valence-electron chi connectivity index (χ0n) is 17.9. The maximum Gasteiger partial charge on any atom is 0.272 e. The summed E-state index contributed by atoms with van der Waals surface area (Å²) in [5, 5.41) is 12.0. The van der Waals surface area contributed by atoms with Crippen LogP contribution in [0.4, 0.5) is 5.69 Å². The number of rotatable bonds is 7. The minimum atomic E-state index is -3.60. The highest BCUT2D eigenvalue weighted by Gasteiger charge is 2.27. The average molecular weight is 477 g/mol. The van der Waals surface area contributed by atoms with Crippen LogP contribution in [-0.2, 0) is 27.1 Å². The Morgan fingerprint density at radius 2 is 1.97 bits per heavy atom. The molecular weight excluding hydrogens is 452 g/mol. The van der Waals surface area contributed by atoms with Gasteiger partial charge in [-0.15, -0.1) is 0 Å². The number of fused-ring (bicyclic) bond motifs is 1. The average Bonchev–Trinajstić information content (AvgIpc) is 3.15. The number of aryl methyl sites for hydroxylation is 1. The SMILES string of the molecule is CCn1c(SCc2cccc([N+](=O)[O-])c2C)nc2cc(S(=O)(=O)N3CCOCC3)ccc21. The number of nitro benzene ring substituents is 1. The molecular formula is C21H24N4O5S2. The van der Waals surface area contributed by atoms with Crippen LogP contribution in [0.15, 0.2) is 46.5 Å². The van der Waals surface area contributed by atoms with E-state index < -0.39 is 10.0 Å². The molecule has 0 saturated carbocycles. The molecule has 4 rings (SSSR count). The van der Waals surface area contributed by atoms with Crippen LogP contribution in [0.5, 0.6) is 0 Å². The molecule has 3 aromatic rings. The second-order valence-electron chi connectivity index (χ2n) is 7.41. The van der Waals surface area contributed by atoms with Crippen LogP contribution in [-0.4, -0.2) is 53.5 Å². The fraction of sp³-hybridized carbons (Fsp3) is 0.381. The summed E-state index contributed by atoms with van der Waals surface area (Å²) in [6.07, 6.45) is 0. The molecule has 2 heterocycles. The lowest BCUT2D eigenvalue weighted by molar-refractivity contribution is -0.385. The van der Waals surface area contributed by atoms with Gasteiger partial charge in [0.05, 0.1) is 34.1 Å². The zero-order chi connectivity index (χ0) is 22.9. The summed E-state index contributed by atoms with van der Waals surface area (Å²) in [5.41, 5.74) is 3.08. The molecule has 0 N–H and O–H groups in total. The van der Waals surface area contributed by atoms with Crippen molar-refractivity contribution in [1.29, 1.82) is 0 Å². The van der Waals surface area contributed by atoms with Gasteiger partial charge in [-0.25, -0.2) is 13.4 Å². The number of thioether (sulfide) groups is 1. The van der Waals surface area contributed by atoms with E-state index in [0.717, 1.165) is 16.2 Å². The Labute approximate surface area is 190 Å². The van der Waals surface area contributed by atoms with Crippen molar-refractivity contribution in [3.8, 4) is 0 Å². The first-order chi connectivity index (χ1) is 15.3. The van der Waals surface area contributed by atoms with E-state index in [2.05, 4.69) is 4.98 Å². The van der Waals surface area contributed by atoms with Crippen molar-refractivity contribution < 1.29 is 18.1 Å². The van der Waals surface area contributed by atoms with Gasteiger partial charge in [0.15, 0.2) is 5.16 Å². The summed E-state index contributed by atoms with van der Waals surface area (Å²) in [7, 11) is -3.60. The summed E-state index contributed by atoms with van der Waals surface area (Å²) in [5.74, 6) is 0.524. The van der Waals surface area contributed by atoms with E-state index in [1.807, 2.05) is 17.6 Å². The summed E-state index contributed by atoms with van der Waals surface area (Å²) >= 11 is 1.48. The Bertz CT molecular complexity index is 1270. The Morgan fingerprint density at radius 3 is 2.66 bits per heavy atom. The number of benzene rings is 2. The van der Waals surface area contributed by atoms with Crippen molar-refractivity contribution in [1.82, 2.24) is 13.9 Å². The third kappa shape index (κ3) is 4.25. The molecule has 1 saturated heterocycles. The molecule has 1 fully saturated rings. The molecule has 0 bridgehead atoms. The Morgan fingerprint density at radius 1 is 1.22 bits per heavy atom. The van der Waals surface area contributed by atoms with Gasteiger partial charge in [-0.05, 0) is 37.6 Å². The van der Waals surface area contributed by atoms with E-state index in [0.29, 0.717) is 49.7 Å². The van der Waals surface area contributed by atoms with E-state index in [4.69, 9.17) is 4.74 Å². The standard InChI is InChI=1S/C21H24N4O5S2/c1-3-24-20-8-7-17(32(28,29)23-9-11-30-12-10-23)13-18(20)22-21(24)31-14-16-5-4-6-19(15(16)2)25(26)27/h4-8,13H,3,9-12,14H2,1-2H3. The van der Waals surface area contributed by atoms with Gasteiger partial charge in [0.25, 0.3) is 5.69 Å². The smallest absolute Gasteiger partial charge is 0.272 e. The monoisotopic (exact) mass is 476 g/mol. The molecule has 9 nitrogen and oxygen atoms in total. The maximum atomic E-state index is 13.0. The Balaban J connectivity index is 1.63. The zero-order valence-corrected chi connectivity index (χ0v) is 19.5. The number of aromatic nitrogens is 2. The molecule has 1 aromatic heterocycles. The van der Waals surface area contributed by atoms with Crippen LogP contribution in [0.1, 0.15) is 18.1 Å². The Hall–Kier alpha value is -2.47. The highest BCUT2D eigenvalue weighted by molar-refractivity contribution is 7.98. The number of morpholine rings is 1. The Kier molecular flexibility index (Phi) is 6.52. The van der Waals surface area contributed by atoms with Gasteiger partial charge in [0.1, 0.15) is 0 Å². The normalized spacial score (nSPS) is 15.3. The summed E-state index contributed by atoms with van der Waals surface area (Å²) in [4.78, 5) is 15.8. The lowest BCUT2D eigenvalue weighted by Crippen LogP contribution is -2.40. The third-order valence-corrected chi connectivity index (χ3v) is 8.50. The molecule has 170 valence electrons. The molecule has 0 aliphatic carbocycles. The molecule has 2 aromatic carbocycles. The number of nitrogens with zero attached hydrogens (tertiary/aromatic N) is 4. The molecule has 0 atom stereocenters. The van der Waals surface area contributed by atoms with E-state index in [1.54, 1.807) is 31.2 Å². The lowest BCUT2D eigenvalue weighted by Gasteiger charge is -2.26. The van der Waals surface area contributed by atoms with Crippen molar-refractivity contribution in [3.05, 3.63) is 57.6 Å². The molecule has 1 aliphatic heterocycles. The van der Waals surface area contributed by atoms with Crippen LogP contribution < -0.4 is 0 Å². The van der Waals surface area contributed by atoms with E-state index in [-0.39, 0.29) is 15.5 Å². The van der Waals surface area contributed by atoms with Crippen LogP contribution in [0.3, 0.4) is 0 Å². The maximum absolute atomic E-state index is 13.0. The van der Waals surface area contributed by atoms with Crippen LogP contribution in [0.25, 0.3) is 11.0 Å². The first-order valence-corrected chi connectivity index (χ1v) is 12.7. The number of ether oxygens (including phenoxy) is 1. The van der Waals surface area contributed by atoms with Gasteiger partial charge < -0.3 is 9.30 Å². The predicted molar refractivity (Wildman–Crippen MR) is 122 cm³/mol. The van der Waals surface area contributed by atoms with E-state index in [9.17, 15) is 18.5 Å². The van der Waals surface area contributed by atoms with Gasteiger partial charge in [-0.2, -0.15) is 4.31 Å². The van der Waals surface area contributed by atoms with Crippen molar-refractivity contribution in [3.63, 3.8) is 0 Å². The summed E-state index contributed by atoms with van der Waals surface area (Å²) < 4.78 is 34.7. The number of imidazole rings is 1. The number of nitro groups is 1. The minimum absolute atomic E-state index is 0.102. The van der Waals surface area contributed by atoms with Crippen LogP contribution in [0.2, 0.25) is 0 Å². The van der Waals surface area contributed by atoms with E-state index >= 15 is 0 Å². The molecule has 0 radical (unpaired) electrons. The first-order valence-electron chi connectivity index (χ1n) is 10.3. The van der Waals surface area contributed by atoms with Crippen molar-refractivity contribution in [2.75, 3.05) is 26.3 Å². The van der Waals surface area contributed by atoms with Gasteiger partial charge >= 0.3 is 0 Å². The molecule has 0 amide bonds. The molecule has 32 heavy (non-hydrogen) atoms. The largest absolute Gasteiger partial charge is 0.379 e. The second kappa shape index (κ2) is 9.18. The topological polar surface area (TPSA) is 108 Å². The molecule has 0 spiro atoms. The van der Waals surface area contributed by atoms with Crippen LogP contribution in [0, 0.1) is 17.0 Å². The van der Waals surface area contributed by atoms with Gasteiger partial charge in [-0.1, -0.05) is 23.9 Å². The molecule has 1 aliphatic rings. The highest BCUT2D eigenvalue weighted by Crippen LogP contribution is 2.31. The number of hydrogen-bond acceptors (Lipinski definition) is 7. The lowest BCUT2D eigenvalue weighted by atomic mass is 10.1. The quantitative estimate of drug-likeness (QED) is 0.291. The fourth-order valence-electron chi connectivity index (χ4n) is 3.77. The first kappa shape index (κ1) is 22.7. The molecule has 0 unspecified atom stereocenters. The summed E-state index contributed by atoms with van der Waals surface area (Å²) in [6.45, 7) is 5.89. The van der Waals surface area contributed by atoms with Gasteiger partial charge in [0, 0.05) is 37.0 Å².